The Morgan fingerprint density at radius 3 is 2.24 bits per heavy atom. The van der Waals surface area contributed by atoms with Gasteiger partial charge in [-0.3, -0.25) is 9.59 Å². The van der Waals surface area contributed by atoms with Gasteiger partial charge in [-0.1, -0.05) is 20.8 Å². The minimum absolute atomic E-state index is 0.144. The third-order valence-corrected chi connectivity index (χ3v) is 3.20. The molecular formula is C12H17NO4. The van der Waals surface area contributed by atoms with Gasteiger partial charge in [0.25, 0.3) is 0 Å². The van der Waals surface area contributed by atoms with E-state index in [1.807, 2.05) is 26.8 Å². The van der Waals surface area contributed by atoms with Gasteiger partial charge >= 0.3 is 11.9 Å². The molecule has 3 atom stereocenters. The van der Waals surface area contributed by atoms with Crippen molar-refractivity contribution in [3.8, 4) is 6.07 Å². The van der Waals surface area contributed by atoms with E-state index in [0.717, 1.165) is 0 Å². The topological polar surface area (TPSA) is 87.4 Å². The monoisotopic (exact) mass is 239 g/mol. The molecule has 0 spiro atoms. The van der Waals surface area contributed by atoms with E-state index in [0.29, 0.717) is 0 Å². The summed E-state index contributed by atoms with van der Waals surface area (Å²) >= 11 is 0. The van der Waals surface area contributed by atoms with Crippen LogP contribution < -0.4 is 0 Å². The van der Waals surface area contributed by atoms with Crippen molar-refractivity contribution < 1.29 is 19.4 Å². The molecule has 5 nitrogen and oxygen atoms in total. The summed E-state index contributed by atoms with van der Waals surface area (Å²) < 4.78 is 4.84. The number of aliphatic carboxylic acids is 1. The normalized spacial score (nSPS) is 31.5. The number of rotatable bonds is 3. The molecule has 0 saturated heterocycles. The highest BCUT2D eigenvalue weighted by Crippen LogP contribution is 2.66. The largest absolute Gasteiger partial charge is 0.481 e. The van der Waals surface area contributed by atoms with Crippen LogP contribution >= 0.6 is 0 Å². The van der Waals surface area contributed by atoms with Crippen LogP contribution in [0.1, 0.15) is 27.7 Å². The predicted octanol–water partition coefficient (Wildman–Crippen LogP) is 1.44. The molecule has 0 bridgehead atoms. The van der Waals surface area contributed by atoms with Gasteiger partial charge in [0, 0.05) is 5.92 Å². The molecule has 94 valence electrons. The molecule has 1 aliphatic carbocycles. The van der Waals surface area contributed by atoms with Gasteiger partial charge in [0.15, 0.2) is 5.41 Å². The maximum atomic E-state index is 11.8. The number of hydrogen-bond donors (Lipinski definition) is 1. The molecule has 0 heterocycles. The first-order valence-corrected chi connectivity index (χ1v) is 5.54. The molecule has 0 unspecified atom stereocenters. The predicted molar refractivity (Wildman–Crippen MR) is 58.7 cm³/mol. The molecule has 0 aromatic carbocycles. The second-order valence-electron chi connectivity index (χ2n) is 5.36. The molecule has 5 heteroatoms. The zero-order valence-corrected chi connectivity index (χ0v) is 10.5. The summed E-state index contributed by atoms with van der Waals surface area (Å²) in [6.45, 7) is 7.25. The Balaban J connectivity index is 3.13. The van der Waals surface area contributed by atoms with E-state index in [1.165, 1.54) is 0 Å². The van der Waals surface area contributed by atoms with Crippen molar-refractivity contribution in [2.75, 3.05) is 6.61 Å². The fourth-order valence-electron chi connectivity index (χ4n) is 2.60. The van der Waals surface area contributed by atoms with Crippen LogP contribution in [-0.2, 0) is 14.3 Å². The lowest BCUT2D eigenvalue weighted by Crippen LogP contribution is -2.25. The Hall–Kier alpha value is -1.57. The van der Waals surface area contributed by atoms with Crippen LogP contribution in [0, 0.1) is 34.0 Å². The highest BCUT2D eigenvalue weighted by molar-refractivity contribution is 5.94. The van der Waals surface area contributed by atoms with Crippen molar-refractivity contribution >= 4 is 11.9 Å². The van der Waals surface area contributed by atoms with Gasteiger partial charge in [0.2, 0.25) is 0 Å². The fourth-order valence-corrected chi connectivity index (χ4v) is 2.60. The number of carbonyl (C=O) groups is 2. The summed E-state index contributed by atoms with van der Waals surface area (Å²) in [6.07, 6.45) is 0. The molecule has 1 aliphatic rings. The van der Waals surface area contributed by atoms with E-state index in [-0.39, 0.29) is 6.61 Å². The second kappa shape index (κ2) is 4.02. The smallest absolute Gasteiger partial charge is 0.327 e. The van der Waals surface area contributed by atoms with Crippen LogP contribution in [0.15, 0.2) is 0 Å². The number of carboxylic acid groups (broad SMARTS) is 1. The average Bonchev–Trinajstić information content (AvgIpc) is 2.88. The summed E-state index contributed by atoms with van der Waals surface area (Å²) in [6, 6.07) is 1.87. The summed E-state index contributed by atoms with van der Waals surface area (Å²) in [5.41, 5.74) is -1.94. The lowest BCUT2D eigenvalue weighted by atomic mass is 9.85. The first-order chi connectivity index (χ1) is 7.73. The number of carbonyl (C=O) groups excluding carboxylic acids is 1. The SMILES string of the molecule is CCOC(=O)[C@]1(C#N)[C@H](C(=O)O)[C@H]1C(C)(C)C. The lowest BCUT2D eigenvalue weighted by Gasteiger charge is -2.19. The maximum Gasteiger partial charge on any atom is 0.327 e. The van der Waals surface area contributed by atoms with Crippen molar-refractivity contribution in [3.63, 3.8) is 0 Å². The van der Waals surface area contributed by atoms with E-state index >= 15 is 0 Å². The minimum atomic E-state index is -1.51. The molecule has 1 rings (SSSR count). The fraction of sp³-hybridized carbons (Fsp3) is 0.750. The molecular weight excluding hydrogens is 222 g/mol. The first-order valence-electron chi connectivity index (χ1n) is 5.54. The van der Waals surface area contributed by atoms with Crippen LogP contribution in [0.4, 0.5) is 0 Å². The quantitative estimate of drug-likeness (QED) is 0.753. The van der Waals surface area contributed by atoms with Gasteiger partial charge in [0.1, 0.15) is 0 Å². The van der Waals surface area contributed by atoms with Gasteiger partial charge in [-0.2, -0.15) is 5.26 Å². The molecule has 1 saturated carbocycles. The number of carboxylic acids is 1. The maximum absolute atomic E-state index is 11.8. The van der Waals surface area contributed by atoms with Crippen molar-refractivity contribution in [1.29, 1.82) is 5.26 Å². The molecule has 0 aliphatic heterocycles. The standard InChI is InChI=1S/C12H17NO4/c1-5-17-10(16)12(6-13)7(9(14)15)8(12)11(2,3)4/h7-8H,5H2,1-4H3,(H,14,15)/t7-,8-,12+/m0/s1. The van der Waals surface area contributed by atoms with E-state index < -0.39 is 34.6 Å². The van der Waals surface area contributed by atoms with Crippen LogP contribution in [0.3, 0.4) is 0 Å². The van der Waals surface area contributed by atoms with Gasteiger partial charge in [-0.15, -0.1) is 0 Å². The molecule has 1 fully saturated rings. The zero-order valence-electron chi connectivity index (χ0n) is 10.5. The average molecular weight is 239 g/mol. The summed E-state index contributed by atoms with van der Waals surface area (Å²) in [4.78, 5) is 23.0. The Bertz CT molecular complexity index is 390. The number of hydrogen-bond acceptors (Lipinski definition) is 4. The Morgan fingerprint density at radius 1 is 1.47 bits per heavy atom. The van der Waals surface area contributed by atoms with Crippen LogP contribution in [0.2, 0.25) is 0 Å². The van der Waals surface area contributed by atoms with Gasteiger partial charge in [-0.25, -0.2) is 0 Å². The zero-order chi connectivity index (χ0) is 13.4. The third kappa shape index (κ3) is 1.88. The first kappa shape index (κ1) is 13.5. The van der Waals surface area contributed by atoms with Gasteiger partial charge in [0.05, 0.1) is 18.6 Å². The van der Waals surface area contributed by atoms with Crippen molar-refractivity contribution in [2.24, 2.45) is 22.7 Å². The minimum Gasteiger partial charge on any atom is -0.481 e. The second-order valence-corrected chi connectivity index (χ2v) is 5.36. The van der Waals surface area contributed by atoms with E-state index in [1.54, 1.807) is 6.92 Å². The lowest BCUT2D eigenvalue weighted by molar-refractivity contribution is -0.151. The highest BCUT2D eigenvalue weighted by atomic mass is 16.5. The van der Waals surface area contributed by atoms with Gasteiger partial charge < -0.3 is 9.84 Å². The van der Waals surface area contributed by atoms with E-state index in [9.17, 15) is 14.9 Å². The van der Waals surface area contributed by atoms with Crippen molar-refractivity contribution in [3.05, 3.63) is 0 Å². The molecule has 0 radical (unpaired) electrons. The number of nitrogens with zero attached hydrogens (tertiary/aromatic N) is 1. The molecule has 0 aromatic rings. The number of esters is 1. The Morgan fingerprint density at radius 2 is 2.00 bits per heavy atom. The highest BCUT2D eigenvalue weighted by Gasteiger charge is 2.78. The molecule has 1 N–H and O–H groups in total. The Labute approximate surface area is 100 Å². The van der Waals surface area contributed by atoms with Gasteiger partial charge in [-0.05, 0) is 12.3 Å². The summed E-state index contributed by atoms with van der Waals surface area (Å²) in [5, 5.41) is 18.3. The van der Waals surface area contributed by atoms with Crippen LogP contribution in [0.25, 0.3) is 0 Å². The van der Waals surface area contributed by atoms with Crippen LogP contribution in [0.5, 0.6) is 0 Å². The van der Waals surface area contributed by atoms with E-state index in [2.05, 4.69) is 0 Å². The number of nitriles is 1. The molecule has 0 aromatic heterocycles. The number of ether oxygens (including phenoxy) is 1. The summed E-state index contributed by atoms with van der Waals surface area (Å²) in [7, 11) is 0. The molecule has 17 heavy (non-hydrogen) atoms. The van der Waals surface area contributed by atoms with Crippen molar-refractivity contribution in [2.45, 2.75) is 27.7 Å². The Kier molecular flexibility index (Phi) is 3.19. The van der Waals surface area contributed by atoms with Crippen LogP contribution in [-0.4, -0.2) is 23.7 Å². The van der Waals surface area contributed by atoms with Crippen molar-refractivity contribution in [1.82, 2.24) is 0 Å². The third-order valence-electron chi connectivity index (χ3n) is 3.20. The summed E-state index contributed by atoms with van der Waals surface area (Å²) in [5.74, 6) is -3.29. The van der Waals surface area contributed by atoms with E-state index in [4.69, 9.17) is 9.84 Å². The molecule has 0 amide bonds.